The molecule has 6 heteroatoms. The first-order chi connectivity index (χ1) is 26.0. The van der Waals surface area contributed by atoms with Crippen LogP contribution < -0.4 is 0 Å². The fourth-order valence-corrected chi connectivity index (χ4v) is 5.51. The number of ether oxygens (including phenoxy) is 3. The molecule has 1 atom stereocenters. The third-order valence-electron chi connectivity index (χ3n) is 8.76. The molecule has 6 nitrogen and oxygen atoms in total. The van der Waals surface area contributed by atoms with E-state index in [0.717, 1.165) is 77.0 Å². The molecule has 0 aromatic rings. The van der Waals surface area contributed by atoms with Gasteiger partial charge in [-0.2, -0.15) is 0 Å². The van der Waals surface area contributed by atoms with Crippen molar-refractivity contribution in [3.63, 3.8) is 0 Å². The summed E-state index contributed by atoms with van der Waals surface area (Å²) in [4.78, 5) is 37.6. The zero-order valence-corrected chi connectivity index (χ0v) is 34.3. The summed E-state index contributed by atoms with van der Waals surface area (Å²) in [6, 6.07) is 0. The smallest absolute Gasteiger partial charge is 0.306 e. The van der Waals surface area contributed by atoms with E-state index in [1.165, 1.54) is 64.2 Å². The van der Waals surface area contributed by atoms with Crippen molar-refractivity contribution in [2.75, 3.05) is 13.2 Å². The third kappa shape index (κ3) is 39.9. The highest BCUT2D eigenvalue weighted by molar-refractivity contribution is 5.71. The minimum Gasteiger partial charge on any atom is -0.462 e. The van der Waals surface area contributed by atoms with E-state index in [0.29, 0.717) is 25.7 Å². The van der Waals surface area contributed by atoms with E-state index < -0.39 is 6.10 Å². The molecule has 0 aromatic carbocycles. The predicted molar refractivity (Wildman–Crippen MR) is 224 cm³/mol. The van der Waals surface area contributed by atoms with Crippen LogP contribution in [0.1, 0.15) is 188 Å². The maximum Gasteiger partial charge on any atom is 0.306 e. The zero-order chi connectivity index (χ0) is 38.7. The molecule has 0 radical (unpaired) electrons. The van der Waals surface area contributed by atoms with Gasteiger partial charge in [-0.25, -0.2) is 0 Å². The lowest BCUT2D eigenvalue weighted by molar-refractivity contribution is -0.167. The van der Waals surface area contributed by atoms with Gasteiger partial charge in [0.25, 0.3) is 0 Å². The van der Waals surface area contributed by atoms with Crippen molar-refractivity contribution >= 4 is 17.9 Å². The zero-order valence-electron chi connectivity index (χ0n) is 34.3. The molecule has 0 aromatic heterocycles. The molecule has 302 valence electrons. The van der Waals surface area contributed by atoms with Crippen LogP contribution >= 0.6 is 0 Å². The molecule has 0 fully saturated rings. The third-order valence-corrected chi connectivity index (χ3v) is 8.76. The Morgan fingerprint density at radius 3 is 1.30 bits per heavy atom. The lowest BCUT2D eigenvalue weighted by Crippen LogP contribution is -2.30. The molecule has 0 bridgehead atoms. The van der Waals surface area contributed by atoms with Crippen molar-refractivity contribution in [1.82, 2.24) is 0 Å². The van der Waals surface area contributed by atoms with Gasteiger partial charge in [-0.05, 0) is 83.5 Å². The van der Waals surface area contributed by atoms with Crippen LogP contribution in [0.15, 0.2) is 72.9 Å². The molecule has 0 saturated carbocycles. The van der Waals surface area contributed by atoms with Gasteiger partial charge in [0.05, 0.1) is 0 Å². The van der Waals surface area contributed by atoms with Crippen LogP contribution in [-0.4, -0.2) is 37.2 Å². The van der Waals surface area contributed by atoms with Gasteiger partial charge in [0, 0.05) is 19.3 Å². The Morgan fingerprint density at radius 2 is 0.774 bits per heavy atom. The monoisotopic (exact) mass is 739 g/mol. The van der Waals surface area contributed by atoms with Crippen LogP contribution in [0.3, 0.4) is 0 Å². The normalized spacial score (nSPS) is 12.7. The van der Waals surface area contributed by atoms with Gasteiger partial charge >= 0.3 is 17.9 Å². The lowest BCUT2D eigenvalue weighted by Gasteiger charge is -2.18. The van der Waals surface area contributed by atoms with Gasteiger partial charge in [-0.15, -0.1) is 0 Å². The second-order valence-electron chi connectivity index (χ2n) is 14.0. The summed E-state index contributed by atoms with van der Waals surface area (Å²) in [5.74, 6) is -1.01. The SMILES string of the molecule is CC\C=C/C=C\C=C/C=C\CCCCCC(=O)OCC(COC(=O)CCC/C=C\CCCCCC)OC(=O)CCCCC/C=C\CCCCCCCC. The van der Waals surface area contributed by atoms with E-state index in [-0.39, 0.29) is 31.1 Å². The largest absolute Gasteiger partial charge is 0.462 e. The number of carbonyl (C=O) groups is 3. The number of hydrogen-bond acceptors (Lipinski definition) is 6. The number of hydrogen-bond donors (Lipinski definition) is 0. The van der Waals surface area contributed by atoms with Crippen LogP contribution in [-0.2, 0) is 28.6 Å². The van der Waals surface area contributed by atoms with Crippen LogP contribution in [0, 0.1) is 0 Å². The van der Waals surface area contributed by atoms with Crippen LogP contribution in [0.5, 0.6) is 0 Å². The summed E-state index contributed by atoms with van der Waals surface area (Å²) in [7, 11) is 0. The highest BCUT2D eigenvalue weighted by Gasteiger charge is 2.19. The number of esters is 3. The average Bonchev–Trinajstić information content (AvgIpc) is 3.15. The average molecular weight is 739 g/mol. The van der Waals surface area contributed by atoms with E-state index >= 15 is 0 Å². The molecular weight excluding hydrogens is 661 g/mol. The molecule has 0 N–H and O–H groups in total. The summed E-state index contributed by atoms with van der Waals surface area (Å²) < 4.78 is 16.6. The molecule has 0 amide bonds. The van der Waals surface area contributed by atoms with Gasteiger partial charge in [-0.1, -0.05) is 158 Å². The quantitative estimate of drug-likeness (QED) is 0.0208. The van der Waals surface area contributed by atoms with Gasteiger partial charge in [0.1, 0.15) is 13.2 Å². The molecule has 0 rings (SSSR count). The summed E-state index contributed by atoms with van der Waals surface area (Å²) in [5, 5.41) is 0. The Balaban J connectivity index is 4.50. The van der Waals surface area contributed by atoms with Gasteiger partial charge < -0.3 is 14.2 Å². The van der Waals surface area contributed by atoms with E-state index in [1.54, 1.807) is 0 Å². The van der Waals surface area contributed by atoms with Crippen molar-refractivity contribution in [1.29, 1.82) is 0 Å². The van der Waals surface area contributed by atoms with E-state index in [9.17, 15) is 14.4 Å². The van der Waals surface area contributed by atoms with Crippen molar-refractivity contribution in [3.05, 3.63) is 72.9 Å². The Bertz CT molecular complexity index is 1030. The topological polar surface area (TPSA) is 78.9 Å². The summed E-state index contributed by atoms with van der Waals surface area (Å²) in [5.41, 5.74) is 0. The predicted octanol–water partition coefficient (Wildman–Crippen LogP) is 13.5. The maximum atomic E-state index is 12.7. The first-order valence-electron chi connectivity index (χ1n) is 21.5. The second kappa shape index (κ2) is 41.6. The second-order valence-corrected chi connectivity index (χ2v) is 14.0. The van der Waals surface area contributed by atoms with E-state index in [1.807, 2.05) is 36.5 Å². The van der Waals surface area contributed by atoms with Gasteiger partial charge in [0.15, 0.2) is 6.10 Å². The Morgan fingerprint density at radius 1 is 0.396 bits per heavy atom. The highest BCUT2D eigenvalue weighted by Crippen LogP contribution is 2.11. The summed E-state index contributed by atoms with van der Waals surface area (Å²) >= 11 is 0. The molecule has 0 heterocycles. The molecule has 0 aliphatic rings. The molecule has 0 saturated heterocycles. The number of carbonyl (C=O) groups excluding carboxylic acids is 3. The number of unbranched alkanes of at least 4 members (excludes halogenated alkanes) is 17. The maximum absolute atomic E-state index is 12.7. The number of allylic oxidation sites excluding steroid dienone is 12. The van der Waals surface area contributed by atoms with Crippen molar-refractivity contribution in [3.8, 4) is 0 Å². The molecule has 53 heavy (non-hydrogen) atoms. The standard InChI is InChI=1S/C47H78O6/c1-4-7-10-13-16-19-21-23-25-28-31-34-37-40-46(49)52-43-44(42-51-45(48)39-36-33-30-27-18-15-12-9-6-3)53-47(50)41-38-35-32-29-26-24-22-20-17-14-11-8-5-2/h7,10,13,16,19,21,23-27,30,44H,4-6,8-9,11-12,14-15,17-18,20,22,28-29,31-43H2,1-3H3/b10-7-,16-13-,21-19-,25-23-,26-24-,30-27-. The van der Waals surface area contributed by atoms with Crippen molar-refractivity contribution in [2.45, 2.75) is 194 Å². The van der Waals surface area contributed by atoms with Crippen molar-refractivity contribution < 1.29 is 28.6 Å². The molecule has 1 unspecified atom stereocenters. The van der Waals surface area contributed by atoms with E-state index in [4.69, 9.17) is 14.2 Å². The fraction of sp³-hybridized carbons (Fsp3) is 0.681. The Labute approximate surface area is 325 Å². The minimum absolute atomic E-state index is 0.111. The van der Waals surface area contributed by atoms with E-state index in [2.05, 4.69) is 57.2 Å². The minimum atomic E-state index is -0.806. The van der Waals surface area contributed by atoms with Crippen LogP contribution in [0.2, 0.25) is 0 Å². The summed E-state index contributed by atoms with van der Waals surface area (Å²) in [6.45, 7) is 6.35. The first kappa shape index (κ1) is 49.9. The fourth-order valence-electron chi connectivity index (χ4n) is 5.51. The van der Waals surface area contributed by atoms with Crippen LogP contribution in [0.25, 0.3) is 0 Å². The molecule has 0 aliphatic carbocycles. The molecule has 0 aliphatic heterocycles. The van der Waals surface area contributed by atoms with Gasteiger partial charge in [0.2, 0.25) is 0 Å². The van der Waals surface area contributed by atoms with Crippen LogP contribution in [0.4, 0.5) is 0 Å². The lowest BCUT2D eigenvalue weighted by atomic mass is 10.1. The van der Waals surface area contributed by atoms with Gasteiger partial charge in [-0.3, -0.25) is 14.4 Å². The molecule has 0 spiro atoms. The summed E-state index contributed by atoms with van der Waals surface area (Å²) in [6.07, 6.45) is 50.4. The first-order valence-corrected chi connectivity index (χ1v) is 21.5. The molecular formula is C47H78O6. The number of rotatable bonds is 37. The van der Waals surface area contributed by atoms with Crippen molar-refractivity contribution in [2.24, 2.45) is 0 Å². The Hall–Kier alpha value is -3.15. The Kier molecular flexibility index (Phi) is 39.1. The highest BCUT2D eigenvalue weighted by atomic mass is 16.6.